The van der Waals surface area contributed by atoms with Gasteiger partial charge in [-0.3, -0.25) is 4.79 Å². The molecule has 18 heavy (non-hydrogen) atoms. The van der Waals surface area contributed by atoms with Crippen LogP contribution in [0.3, 0.4) is 0 Å². The van der Waals surface area contributed by atoms with Gasteiger partial charge in [0.05, 0.1) is 12.0 Å². The number of aliphatic hydroxyl groups is 1. The lowest BCUT2D eigenvalue weighted by molar-refractivity contribution is -0.141. The molecule has 0 aromatic rings. The Bertz CT molecular complexity index is 288. The molecule has 1 atom stereocenters. The van der Waals surface area contributed by atoms with Crippen molar-refractivity contribution in [2.24, 2.45) is 5.92 Å². The molecule has 0 aromatic carbocycles. The predicted molar refractivity (Wildman–Crippen MR) is 66.2 cm³/mol. The fourth-order valence-corrected chi connectivity index (χ4v) is 2.05. The monoisotopic (exact) mass is 258 g/mol. The molecule has 1 fully saturated rings. The largest absolute Gasteiger partial charge is 0.481 e. The van der Waals surface area contributed by atoms with Crippen LogP contribution >= 0.6 is 0 Å². The molecule has 1 aliphatic rings. The lowest BCUT2D eigenvalue weighted by Gasteiger charge is -2.30. The summed E-state index contributed by atoms with van der Waals surface area (Å²) in [5.74, 6) is -1.39. The van der Waals surface area contributed by atoms with E-state index in [0.717, 1.165) is 6.42 Å². The molecule has 0 aromatic heterocycles. The van der Waals surface area contributed by atoms with E-state index < -0.39 is 11.9 Å². The van der Waals surface area contributed by atoms with Crippen molar-refractivity contribution in [1.82, 2.24) is 10.2 Å². The number of carbonyl (C=O) groups is 2. The fourth-order valence-electron chi connectivity index (χ4n) is 2.05. The minimum Gasteiger partial charge on any atom is -0.481 e. The van der Waals surface area contributed by atoms with Crippen LogP contribution in [-0.4, -0.2) is 52.9 Å². The smallest absolute Gasteiger partial charge is 0.317 e. The van der Waals surface area contributed by atoms with Crippen molar-refractivity contribution in [3.63, 3.8) is 0 Å². The van der Waals surface area contributed by atoms with Gasteiger partial charge in [0.2, 0.25) is 0 Å². The number of hydrogen-bond donors (Lipinski definition) is 3. The lowest BCUT2D eigenvalue weighted by atomic mass is 10.0. The second-order valence-corrected chi connectivity index (χ2v) is 4.73. The molecule has 0 spiro atoms. The van der Waals surface area contributed by atoms with Crippen molar-refractivity contribution in [2.45, 2.75) is 38.7 Å². The number of piperidine rings is 1. The molecular weight excluding hydrogens is 236 g/mol. The van der Waals surface area contributed by atoms with Gasteiger partial charge in [0.25, 0.3) is 0 Å². The maximum absolute atomic E-state index is 11.8. The molecule has 3 N–H and O–H groups in total. The van der Waals surface area contributed by atoms with Crippen molar-refractivity contribution in [3.8, 4) is 0 Å². The third kappa shape index (κ3) is 4.52. The summed E-state index contributed by atoms with van der Waals surface area (Å²) in [5.41, 5.74) is 0. The topological polar surface area (TPSA) is 89.9 Å². The molecule has 1 heterocycles. The second kappa shape index (κ2) is 7.20. The molecule has 1 saturated heterocycles. The van der Waals surface area contributed by atoms with E-state index in [2.05, 4.69) is 5.32 Å². The molecular formula is C12H22N2O4. The molecule has 2 amide bonds. The van der Waals surface area contributed by atoms with Crippen LogP contribution in [0.2, 0.25) is 0 Å². The van der Waals surface area contributed by atoms with Crippen LogP contribution in [0.25, 0.3) is 0 Å². The Labute approximate surface area is 107 Å². The maximum Gasteiger partial charge on any atom is 0.317 e. The molecule has 1 rings (SSSR count). The number of nitrogens with one attached hydrogen (secondary N) is 1. The summed E-state index contributed by atoms with van der Waals surface area (Å²) in [7, 11) is 0. The van der Waals surface area contributed by atoms with Crippen LogP contribution in [0.4, 0.5) is 4.79 Å². The van der Waals surface area contributed by atoms with E-state index in [1.165, 1.54) is 0 Å². The minimum absolute atomic E-state index is 0.168. The number of likely N-dealkylation sites (tertiary alicyclic amines) is 1. The molecule has 1 unspecified atom stereocenters. The van der Waals surface area contributed by atoms with Gasteiger partial charge in [-0.25, -0.2) is 4.79 Å². The van der Waals surface area contributed by atoms with E-state index in [-0.39, 0.29) is 18.7 Å². The van der Waals surface area contributed by atoms with Gasteiger partial charge >= 0.3 is 12.0 Å². The Balaban J connectivity index is 2.33. The van der Waals surface area contributed by atoms with Crippen LogP contribution in [0, 0.1) is 5.92 Å². The number of carboxylic acid groups (broad SMARTS) is 1. The van der Waals surface area contributed by atoms with E-state index in [0.29, 0.717) is 32.4 Å². The number of carboxylic acids is 1. The number of aliphatic carboxylic acids is 1. The summed E-state index contributed by atoms with van der Waals surface area (Å²) < 4.78 is 0. The average molecular weight is 258 g/mol. The summed E-state index contributed by atoms with van der Waals surface area (Å²) in [6, 6.07) is -0.232. The number of rotatable bonds is 5. The van der Waals surface area contributed by atoms with Gasteiger partial charge in [-0.2, -0.15) is 0 Å². The molecule has 6 heteroatoms. The molecule has 0 saturated carbocycles. The summed E-state index contributed by atoms with van der Waals surface area (Å²) >= 11 is 0. The Morgan fingerprint density at radius 3 is 2.50 bits per heavy atom. The van der Waals surface area contributed by atoms with Crippen molar-refractivity contribution >= 4 is 12.0 Å². The highest BCUT2D eigenvalue weighted by molar-refractivity contribution is 5.76. The van der Waals surface area contributed by atoms with E-state index in [1.54, 1.807) is 4.90 Å². The van der Waals surface area contributed by atoms with Gasteiger partial charge in [0.1, 0.15) is 0 Å². The van der Waals surface area contributed by atoms with Gasteiger partial charge in [0.15, 0.2) is 0 Å². The Hall–Kier alpha value is -1.30. The SMILES string of the molecule is CCCC(CNC(=O)N1CCC(O)CC1)C(=O)O. The van der Waals surface area contributed by atoms with Crippen molar-refractivity contribution in [2.75, 3.05) is 19.6 Å². The first-order valence-corrected chi connectivity index (χ1v) is 6.48. The zero-order chi connectivity index (χ0) is 13.5. The number of urea groups is 1. The standard InChI is InChI=1S/C12H22N2O4/c1-2-3-9(11(16)17)8-13-12(18)14-6-4-10(15)5-7-14/h9-10,15H,2-8H2,1H3,(H,13,18)(H,16,17). The highest BCUT2D eigenvalue weighted by Gasteiger charge is 2.23. The Kier molecular flexibility index (Phi) is 5.91. The molecule has 1 aliphatic heterocycles. The summed E-state index contributed by atoms with van der Waals surface area (Å²) in [6.07, 6.45) is 2.20. The number of carbonyl (C=O) groups excluding carboxylic acids is 1. The Morgan fingerprint density at radius 1 is 1.39 bits per heavy atom. The molecule has 6 nitrogen and oxygen atoms in total. The van der Waals surface area contributed by atoms with E-state index >= 15 is 0 Å². The van der Waals surface area contributed by atoms with Crippen LogP contribution < -0.4 is 5.32 Å². The van der Waals surface area contributed by atoms with Gasteiger partial charge in [-0.05, 0) is 19.3 Å². The predicted octanol–water partition coefficient (Wildman–Crippen LogP) is 0.654. The quantitative estimate of drug-likeness (QED) is 0.675. The number of aliphatic hydroxyl groups excluding tert-OH is 1. The van der Waals surface area contributed by atoms with Gasteiger partial charge in [-0.1, -0.05) is 13.3 Å². The van der Waals surface area contributed by atoms with Crippen LogP contribution in [0.15, 0.2) is 0 Å². The van der Waals surface area contributed by atoms with Gasteiger partial charge in [0, 0.05) is 19.6 Å². The van der Waals surface area contributed by atoms with Gasteiger partial charge < -0.3 is 20.4 Å². The first-order valence-electron chi connectivity index (χ1n) is 6.48. The van der Waals surface area contributed by atoms with Crippen LogP contribution in [0.1, 0.15) is 32.6 Å². The zero-order valence-corrected chi connectivity index (χ0v) is 10.8. The first-order chi connectivity index (χ1) is 8.54. The highest BCUT2D eigenvalue weighted by Crippen LogP contribution is 2.10. The van der Waals surface area contributed by atoms with Crippen molar-refractivity contribution in [3.05, 3.63) is 0 Å². The summed E-state index contributed by atoms with van der Waals surface area (Å²) in [4.78, 5) is 24.3. The summed E-state index contributed by atoms with van der Waals surface area (Å²) in [6.45, 7) is 3.14. The molecule has 0 bridgehead atoms. The first kappa shape index (κ1) is 14.8. The molecule has 0 aliphatic carbocycles. The minimum atomic E-state index is -0.869. The third-order valence-corrected chi connectivity index (χ3v) is 3.24. The third-order valence-electron chi connectivity index (χ3n) is 3.24. The van der Waals surface area contributed by atoms with E-state index in [1.807, 2.05) is 6.92 Å². The maximum atomic E-state index is 11.8. The summed E-state index contributed by atoms with van der Waals surface area (Å²) in [5, 5.41) is 21.0. The van der Waals surface area contributed by atoms with E-state index in [9.17, 15) is 14.7 Å². The zero-order valence-electron chi connectivity index (χ0n) is 10.8. The number of nitrogens with zero attached hydrogens (tertiary/aromatic N) is 1. The number of amides is 2. The fraction of sp³-hybridized carbons (Fsp3) is 0.833. The highest BCUT2D eigenvalue weighted by atomic mass is 16.4. The molecule has 0 radical (unpaired) electrons. The second-order valence-electron chi connectivity index (χ2n) is 4.73. The Morgan fingerprint density at radius 2 is 2.00 bits per heavy atom. The normalized spacial score (nSPS) is 18.4. The van der Waals surface area contributed by atoms with Gasteiger partial charge in [-0.15, -0.1) is 0 Å². The van der Waals surface area contributed by atoms with Crippen LogP contribution in [-0.2, 0) is 4.79 Å². The molecule has 104 valence electrons. The van der Waals surface area contributed by atoms with E-state index in [4.69, 9.17) is 5.11 Å². The van der Waals surface area contributed by atoms with Crippen molar-refractivity contribution in [1.29, 1.82) is 0 Å². The lowest BCUT2D eigenvalue weighted by Crippen LogP contribution is -2.47. The average Bonchev–Trinajstić information content (AvgIpc) is 2.34. The van der Waals surface area contributed by atoms with Crippen molar-refractivity contribution < 1.29 is 19.8 Å². The number of hydrogen-bond acceptors (Lipinski definition) is 3. The van der Waals surface area contributed by atoms with Crippen LogP contribution in [0.5, 0.6) is 0 Å².